The van der Waals surface area contributed by atoms with Gasteiger partial charge in [-0.3, -0.25) is 9.59 Å². The van der Waals surface area contributed by atoms with E-state index in [2.05, 4.69) is 5.32 Å². The number of halogens is 1. The Kier molecular flexibility index (Phi) is 3.83. The first-order valence-corrected chi connectivity index (χ1v) is 6.27. The predicted molar refractivity (Wildman–Crippen MR) is 68.2 cm³/mol. The minimum absolute atomic E-state index is 0.148. The zero-order chi connectivity index (χ0) is 14.0. The summed E-state index contributed by atoms with van der Waals surface area (Å²) >= 11 is 0. The number of carbonyl (C=O) groups excluding carboxylic acids is 1. The highest BCUT2D eigenvalue weighted by atomic mass is 19.1. The summed E-state index contributed by atoms with van der Waals surface area (Å²) in [5, 5.41) is 11.4. The highest BCUT2D eigenvalue weighted by Crippen LogP contribution is 2.32. The third-order valence-electron chi connectivity index (χ3n) is 3.54. The van der Waals surface area contributed by atoms with Gasteiger partial charge < -0.3 is 10.4 Å². The number of nitrogens with one attached hydrogen (secondary N) is 1. The van der Waals surface area contributed by atoms with Crippen molar-refractivity contribution in [3.8, 4) is 0 Å². The Morgan fingerprint density at radius 2 is 2.00 bits per heavy atom. The van der Waals surface area contributed by atoms with Crippen molar-refractivity contribution in [1.82, 2.24) is 0 Å². The standard InChI is InChI=1S/C14H16FNO3/c1-8-2-5-12(11(15)6-8)16-13(17)9-3-4-10(7-9)14(18)19/h2,5-6,9-10H,3-4,7H2,1H3,(H,16,17)(H,18,19). The second kappa shape index (κ2) is 5.38. The maximum Gasteiger partial charge on any atom is 0.306 e. The van der Waals surface area contributed by atoms with Gasteiger partial charge in [-0.25, -0.2) is 4.39 Å². The van der Waals surface area contributed by atoms with Gasteiger partial charge in [0.15, 0.2) is 0 Å². The van der Waals surface area contributed by atoms with Crippen LogP contribution in [0.2, 0.25) is 0 Å². The van der Waals surface area contributed by atoms with Gasteiger partial charge in [0.1, 0.15) is 5.82 Å². The van der Waals surface area contributed by atoms with Crippen LogP contribution in [0.3, 0.4) is 0 Å². The highest BCUT2D eigenvalue weighted by Gasteiger charge is 2.33. The van der Waals surface area contributed by atoms with Crippen LogP contribution in [0.1, 0.15) is 24.8 Å². The Hall–Kier alpha value is -1.91. The lowest BCUT2D eigenvalue weighted by Gasteiger charge is -2.11. The lowest BCUT2D eigenvalue weighted by molar-refractivity contribution is -0.141. The molecule has 1 aliphatic carbocycles. The van der Waals surface area contributed by atoms with Crippen molar-refractivity contribution < 1.29 is 19.1 Å². The second-order valence-electron chi connectivity index (χ2n) is 5.02. The van der Waals surface area contributed by atoms with Crippen LogP contribution in [0, 0.1) is 24.6 Å². The number of aliphatic carboxylic acids is 1. The van der Waals surface area contributed by atoms with Crippen LogP contribution >= 0.6 is 0 Å². The van der Waals surface area contributed by atoms with Crippen LogP contribution in [-0.2, 0) is 9.59 Å². The van der Waals surface area contributed by atoms with E-state index in [4.69, 9.17) is 5.11 Å². The molecule has 1 aromatic rings. The van der Waals surface area contributed by atoms with E-state index in [0.29, 0.717) is 19.3 Å². The van der Waals surface area contributed by atoms with Gasteiger partial charge in [0.2, 0.25) is 5.91 Å². The maximum atomic E-state index is 13.6. The molecule has 2 N–H and O–H groups in total. The quantitative estimate of drug-likeness (QED) is 0.882. The van der Waals surface area contributed by atoms with E-state index in [1.165, 1.54) is 12.1 Å². The molecule has 0 aromatic heterocycles. The number of benzene rings is 1. The number of amides is 1. The van der Waals surface area contributed by atoms with Crippen LogP contribution < -0.4 is 5.32 Å². The van der Waals surface area contributed by atoms with E-state index in [-0.39, 0.29) is 17.5 Å². The lowest BCUT2D eigenvalue weighted by atomic mass is 10.0. The van der Waals surface area contributed by atoms with Crippen molar-refractivity contribution in [1.29, 1.82) is 0 Å². The van der Waals surface area contributed by atoms with Crippen molar-refractivity contribution >= 4 is 17.6 Å². The van der Waals surface area contributed by atoms with Crippen molar-refractivity contribution in [2.75, 3.05) is 5.32 Å². The molecule has 4 nitrogen and oxygen atoms in total. The molecule has 2 atom stereocenters. The molecule has 1 aromatic carbocycles. The fourth-order valence-electron chi connectivity index (χ4n) is 2.40. The lowest BCUT2D eigenvalue weighted by Crippen LogP contribution is -2.22. The van der Waals surface area contributed by atoms with E-state index in [1.54, 1.807) is 13.0 Å². The monoisotopic (exact) mass is 265 g/mol. The number of aryl methyl sites for hydroxylation is 1. The summed E-state index contributed by atoms with van der Waals surface area (Å²) in [5.41, 5.74) is 0.927. The number of hydrogen-bond acceptors (Lipinski definition) is 2. The van der Waals surface area contributed by atoms with E-state index in [9.17, 15) is 14.0 Å². The molecule has 1 fully saturated rings. The zero-order valence-corrected chi connectivity index (χ0v) is 10.6. The molecule has 2 rings (SSSR count). The summed E-state index contributed by atoms with van der Waals surface area (Å²) in [4.78, 5) is 22.8. The molecule has 1 saturated carbocycles. The Bertz CT molecular complexity index is 515. The number of hydrogen-bond donors (Lipinski definition) is 2. The average Bonchev–Trinajstić information content (AvgIpc) is 2.82. The smallest absolute Gasteiger partial charge is 0.306 e. The molecule has 0 radical (unpaired) electrons. The molecule has 1 aliphatic rings. The second-order valence-corrected chi connectivity index (χ2v) is 5.02. The van der Waals surface area contributed by atoms with Crippen LogP contribution in [0.4, 0.5) is 10.1 Å². The number of carboxylic acids is 1. The third kappa shape index (κ3) is 3.10. The van der Waals surface area contributed by atoms with E-state index in [0.717, 1.165) is 5.56 Å². The van der Waals surface area contributed by atoms with Gasteiger partial charge >= 0.3 is 5.97 Å². The molecule has 19 heavy (non-hydrogen) atoms. The first-order chi connectivity index (χ1) is 8.97. The Morgan fingerprint density at radius 3 is 2.58 bits per heavy atom. The molecule has 0 spiro atoms. The highest BCUT2D eigenvalue weighted by molar-refractivity contribution is 5.93. The number of anilines is 1. The first kappa shape index (κ1) is 13.5. The third-order valence-corrected chi connectivity index (χ3v) is 3.54. The summed E-state index contributed by atoms with van der Waals surface area (Å²) in [6.45, 7) is 1.77. The minimum atomic E-state index is -0.864. The van der Waals surface area contributed by atoms with Crippen LogP contribution in [0.25, 0.3) is 0 Å². The summed E-state index contributed by atoms with van der Waals surface area (Å²) < 4.78 is 13.6. The molecular weight excluding hydrogens is 249 g/mol. The molecule has 0 bridgehead atoms. The summed E-state index contributed by atoms with van der Waals surface area (Å²) in [5.74, 6) is -2.44. The number of rotatable bonds is 3. The van der Waals surface area contributed by atoms with Crippen LogP contribution in [0.5, 0.6) is 0 Å². The van der Waals surface area contributed by atoms with Crippen molar-refractivity contribution in [2.24, 2.45) is 11.8 Å². The van der Waals surface area contributed by atoms with Crippen molar-refractivity contribution in [3.05, 3.63) is 29.6 Å². The predicted octanol–water partition coefficient (Wildman–Crippen LogP) is 2.57. The summed E-state index contributed by atoms with van der Waals surface area (Å²) in [6.07, 6.45) is 1.37. The fraction of sp³-hybridized carbons (Fsp3) is 0.429. The number of carbonyl (C=O) groups is 2. The molecular formula is C14H16FNO3. The average molecular weight is 265 g/mol. The number of carboxylic acid groups (broad SMARTS) is 1. The molecule has 0 aliphatic heterocycles. The van der Waals surface area contributed by atoms with Gasteiger partial charge in [-0.2, -0.15) is 0 Å². The van der Waals surface area contributed by atoms with Crippen molar-refractivity contribution in [3.63, 3.8) is 0 Å². The van der Waals surface area contributed by atoms with Crippen molar-refractivity contribution in [2.45, 2.75) is 26.2 Å². The Balaban J connectivity index is 2.00. The minimum Gasteiger partial charge on any atom is -0.481 e. The van der Waals surface area contributed by atoms with Crippen LogP contribution in [0.15, 0.2) is 18.2 Å². The van der Waals surface area contributed by atoms with Gasteiger partial charge in [-0.15, -0.1) is 0 Å². The summed E-state index contributed by atoms with van der Waals surface area (Å²) in [7, 11) is 0. The molecule has 0 saturated heterocycles. The van der Waals surface area contributed by atoms with Gasteiger partial charge in [0.25, 0.3) is 0 Å². The van der Waals surface area contributed by atoms with E-state index < -0.39 is 17.7 Å². The maximum absolute atomic E-state index is 13.6. The molecule has 102 valence electrons. The van der Waals surface area contributed by atoms with Gasteiger partial charge in [-0.1, -0.05) is 6.07 Å². The van der Waals surface area contributed by atoms with E-state index >= 15 is 0 Å². The van der Waals surface area contributed by atoms with Gasteiger partial charge in [0, 0.05) is 5.92 Å². The normalized spacial score (nSPS) is 22.2. The van der Waals surface area contributed by atoms with Gasteiger partial charge in [-0.05, 0) is 43.9 Å². The largest absolute Gasteiger partial charge is 0.481 e. The molecule has 1 amide bonds. The molecule has 0 heterocycles. The topological polar surface area (TPSA) is 66.4 Å². The SMILES string of the molecule is Cc1ccc(NC(=O)C2CCC(C(=O)O)C2)c(F)c1. The first-order valence-electron chi connectivity index (χ1n) is 6.27. The van der Waals surface area contributed by atoms with Crippen LogP contribution in [-0.4, -0.2) is 17.0 Å². The Morgan fingerprint density at radius 1 is 1.32 bits per heavy atom. The molecule has 5 heteroatoms. The zero-order valence-electron chi connectivity index (χ0n) is 10.6. The Labute approximate surface area is 110 Å². The van der Waals surface area contributed by atoms with Gasteiger partial charge in [0.05, 0.1) is 11.6 Å². The summed E-state index contributed by atoms with van der Waals surface area (Å²) in [6, 6.07) is 4.59. The molecule has 2 unspecified atom stereocenters. The fourth-order valence-corrected chi connectivity index (χ4v) is 2.40. The van der Waals surface area contributed by atoms with E-state index in [1.807, 2.05) is 0 Å².